The summed E-state index contributed by atoms with van der Waals surface area (Å²) >= 11 is 0. The van der Waals surface area contributed by atoms with E-state index in [1.165, 1.54) is 7.11 Å². The molecule has 0 bridgehead atoms. The van der Waals surface area contributed by atoms with Gasteiger partial charge in [-0.1, -0.05) is 18.2 Å². The predicted octanol–water partition coefficient (Wildman–Crippen LogP) is 1.66. The zero-order valence-corrected chi connectivity index (χ0v) is 10.3. The zero-order valence-electron chi connectivity index (χ0n) is 10.3. The van der Waals surface area contributed by atoms with E-state index in [2.05, 4.69) is 6.58 Å². The molecule has 0 aliphatic rings. The molecule has 1 rings (SSSR count). The van der Waals surface area contributed by atoms with Gasteiger partial charge in [0.25, 0.3) is 0 Å². The molecule has 0 saturated heterocycles. The number of ketones is 1. The van der Waals surface area contributed by atoms with Crippen molar-refractivity contribution in [2.75, 3.05) is 27.4 Å². The van der Waals surface area contributed by atoms with E-state index < -0.39 is 0 Å². The minimum Gasteiger partial charge on any atom is -0.497 e. The maximum absolute atomic E-state index is 11.3. The van der Waals surface area contributed by atoms with Gasteiger partial charge in [-0.15, -0.1) is 6.58 Å². The Labute approximate surface area is 102 Å². The summed E-state index contributed by atoms with van der Waals surface area (Å²) in [7, 11) is 3.07. The highest BCUT2D eigenvalue weighted by atomic mass is 16.5. The van der Waals surface area contributed by atoms with Crippen molar-refractivity contribution in [1.29, 1.82) is 0 Å². The van der Waals surface area contributed by atoms with Crippen LogP contribution in [0.4, 0.5) is 0 Å². The van der Waals surface area contributed by atoms with Crippen molar-refractivity contribution in [1.82, 2.24) is 0 Å². The number of hydrogen-bond acceptors (Lipinski definition) is 4. The van der Waals surface area contributed by atoms with Crippen LogP contribution >= 0.6 is 0 Å². The number of benzene rings is 1. The maximum atomic E-state index is 11.3. The molecule has 1 aromatic rings. The topological polar surface area (TPSA) is 61.5 Å². The lowest BCUT2D eigenvalue weighted by Crippen LogP contribution is -2.06. The average Bonchev–Trinajstić information content (AvgIpc) is 2.39. The normalized spacial score (nSPS) is 8.88. The molecule has 0 unspecified atom stereocenters. The predicted molar refractivity (Wildman–Crippen MR) is 68.5 cm³/mol. The molecule has 4 heteroatoms. The monoisotopic (exact) mass is 237 g/mol. The zero-order chi connectivity index (χ0) is 13.1. The lowest BCUT2D eigenvalue weighted by Gasteiger charge is -2.02. The molecule has 4 nitrogen and oxygen atoms in total. The molecule has 0 spiro atoms. The van der Waals surface area contributed by atoms with Crippen molar-refractivity contribution in [3.63, 3.8) is 0 Å². The molecule has 0 amide bonds. The van der Waals surface area contributed by atoms with Crippen molar-refractivity contribution in [2.45, 2.75) is 0 Å². The van der Waals surface area contributed by atoms with Gasteiger partial charge in [0, 0.05) is 19.2 Å². The Kier molecular flexibility index (Phi) is 8.64. The van der Waals surface area contributed by atoms with Crippen molar-refractivity contribution in [3.8, 4) is 5.75 Å². The van der Waals surface area contributed by atoms with Gasteiger partial charge >= 0.3 is 0 Å². The van der Waals surface area contributed by atoms with Crippen LogP contribution in [0.25, 0.3) is 0 Å². The summed E-state index contributed by atoms with van der Waals surface area (Å²) in [6, 6.07) is 7.01. The smallest absolute Gasteiger partial charge is 0.188 e. The van der Waals surface area contributed by atoms with E-state index in [0.717, 1.165) is 0 Å². The summed E-state index contributed by atoms with van der Waals surface area (Å²) < 4.78 is 9.73. The Bertz CT molecular complexity index is 350. The van der Waals surface area contributed by atoms with Crippen LogP contribution in [-0.2, 0) is 4.74 Å². The number of ether oxygens (including phenoxy) is 2. The molecule has 0 fully saturated rings. The van der Waals surface area contributed by atoms with Gasteiger partial charge in [-0.05, 0) is 12.1 Å². The first kappa shape index (κ1) is 15.3. The summed E-state index contributed by atoms with van der Waals surface area (Å²) in [6.07, 6.45) is 1.65. The molecule has 0 saturated carbocycles. The Balaban J connectivity index is 0.000000557. The molecule has 1 aromatic carbocycles. The molecule has 0 heterocycles. The highest BCUT2D eigenvalue weighted by Gasteiger charge is 2.05. The third-order valence-electron chi connectivity index (χ3n) is 1.83. The quantitative estimate of drug-likeness (QED) is 0.625. The fraction of sp³-hybridized carbons (Fsp3) is 0.308. The molecule has 0 radical (unpaired) electrons. The molecule has 94 valence electrons. The highest BCUT2D eigenvalue weighted by molar-refractivity contribution is 5.97. The number of methoxy groups -OCH3 is 2. The van der Waals surface area contributed by atoms with Crippen LogP contribution in [0.3, 0.4) is 0 Å². The molecular weight excluding hydrogens is 218 g/mol. The van der Waals surface area contributed by atoms with Gasteiger partial charge in [-0.3, -0.25) is 4.79 Å². The third kappa shape index (κ3) is 6.50. The van der Waals surface area contributed by atoms with Crippen LogP contribution in [0, 0.1) is 0 Å². The van der Waals surface area contributed by atoms with Gasteiger partial charge in [0.05, 0.1) is 7.11 Å². The third-order valence-corrected chi connectivity index (χ3v) is 1.83. The van der Waals surface area contributed by atoms with E-state index in [4.69, 9.17) is 15.2 Å². The second-order valence-electron chi connectivity index (χ2n) is 3.11. The number of Topliss-reactive ketones (excluding diaryl/α,β-unsaturated/α-hetero) is 1. The second-order valence-corrected chi connectivity index (χ2v) is 3.11. The summed E-state index contributed by atoms with van der Waals surface area (Å²) in [6.45, 7) is 4.04. The van der Waals surface area contributed by atoms with E-state index >= 15 is 0 Å². The van der Waals surface area contributed by atoms with Gasteiger partial charge in [0.2, 0.25) is 0 Å². The first-order valence-corrected chi connectivity index (χ1v) is 5.16. The van der Waals surface area contributed by atoms with Crippen molar-refractivity contribution in [2.24, 2.45) is 5.73 Å². The Morgan fingerprint density at radius 2 is 2.12 bits per heavy atom. The number of rotatable bonds is 5. The molecular formula is C13H19NO3. The standard InChI is InChI=1S/C10H12O3.C3H7N/c1-12-7-10(11)8-4-3-5-9(6-8)13-2;1-2-3-4/h3-6H,7H2,1-2H3;2H,1,3-4H2. The lowest BCUT2D eigenvalue weighted by molar-refractivity contribution is 0.0847. The Hall–Kier alpha value is -1.65. The first-order valence-electron chi connectivity index (χ1n) is 5.16. The van der Waals surface area contributed by atoms with Crippen molar-refractivity contribution in [3.05, 3.63) is 42.5 Å². The summed E-state index contributed by atoms with van der Waals surface area (Å²) in [4.78, 5) is 11.3. The number of carbonyl (C=O) groups is 1. The SMILES string of the molecule is C=CCN.COCC(=O)c1cccc(OC)c1. The molecule has 2 N–H and O–H groups in total. The van der Waals surface area contributed by atoms with Crippen LogP contribution in [0.2, 0.25) is 0 Å². The molecule has 0 aliphatic heterocycles. The summed E-state index contributed by atoms with van der Waals surface area (Å²) in [5, 5.41) is 0. The van der Waals surface area contributed by atoms with E-state index in [9.17, 15) is 4.79 Å². The fourth-order valence-corrected chi connectivity index (χ4v) is 1.01. The highest BCUT2D eigenvalue weighted by Crippen LogP contribution is 2.12. The summed E-state index contributed by atoms with van der Waals surface area (Å²) in [5.41, 5.74) is 5.52. The van der Waals surface area contributed by atoms with Crippen molar-refractivity contribution < 1.29 is 14.3 Å². The van der Waals surface area contributed by atoms with E-state index in [1.54, 1.807) is 37.5 Å². The van der Waals surface area contributed by atoms with Crippen LogP contribution < -0.4 is 10.5 Å². The number of carbonyl (C=O) groups excluding carboxylic acids is 1. The molecule has 0 atom stereocenters. The van der Waals surface area contributed by atoms with E-state index in [-0.39, 0.29) is 12.4 Å². The minimum atomic E-state index is -0.0404. The van der Waals surface area contributed by atoms with Gasteiger partial charge in [0.15, 0.2) is 5.78 Å². The number of hydrogen-bond donors (Lipinski definition) is 1. The molecule has 0 aliphatic carbocycles. The van der Waals surface area contributed by atoms with Crippen LogP contribution in [0.15, 0.2) is 36.9 Å². The maximum Gasteiger partial charge on any atom is 0.188 e. The summed E-state index contributed by atoms with van der Waals surface area (Å²) in [5.74, 6) is 0.642. The Morgan fingerprint density at radius 1 is 1.47 bits per heavy atom. The average molecular weight is 237 g/mol. The van der Waals surface area contributed by atoms with E-state index in [1.807, 2.05) is 0 Å². The lowest BCUT2D eigenvalue weighted by atomic mass is 10.1. The van der Waals surface area contributed by atoms with Crippen LogP contribution in [0.1, 0.15) is 10.4 Å². The van der Waals surface area contributed by atoms with Crippen molar-refractivity contribution >= 4 is 5.78 Å². The first-order chi connectivity index (χ1) is 8.19. The minimum absolute atomic E-state index is 0.0404. The van der Waals surface area contributed by atoms with Crippen LogP contribution in [-0.4, -0.2) is 33.2 Å². The van der Waals surface area contributed by atoms with Gasteiger partial charge in [-0.2, -0.15) is 0 Å². The van der Waals surface area contributed by atoms with E-state index in [0.29, 0.717) is 17.9 Å². The molecule has 17 heavy (non-hydrogen) atoms. The van der Waals surface area contributed by atoms with Crippen LogP contribution in [0.5, 0.6) is 5.75 Å². The number of nitrogens with two attached hydrogens (primary N) is 1. The Morgan fingerprint density at radius 3 is 2.59 bits per heavy atom. The van der Waals surface area contributed by atoms with Gasteiger partial charge < -0.3 is 15.2 Å². The van der Waals surface area contributed by atoms with Gasteiger partial charge in [0.1, 0.15) is 12.4 Å². The molecule has 0 aromatic heterocycles. The second kappa shape index (κ2) is 9.57. The fourth-order valence-electron chi connectivity index (χ4n) is 1.01. The largest absolute Gasteiger partial charge is 0.497 e. The van der Waals surface area contributed by atoms with Gasteiger partial charge in [-0.25, -0.2) is 0 Å².